The molecule has 1 aromatic rings. The number of amidine groups is 1. The average molecular weight is 488 g/mol. The van der Waals surface area contributed by atoms with E-state index in [1.807, 2.05) is 13.8 Å². The fourth-order valence-electron chi connectivity index (χ4n) is 3.17. The molecule has 0 spiro atoms. The van der Waals surface area contributed by atoms with E-state index in [2.05, 4.69) is 24.8 Å². The number of aliphatic hydroxyl groups is 1. The zero-order valence-electron chi connectivity index (χ0n) is 20.1. The van der Waals surface area contributed by atoms with Crippen LogP contribution in [0.3, 0.4) is 0 Å². The number of rotatable bonds is 12. The molecular weight excluding hydrogens is 455 g/mol. The summed E-state index contributed by atoms with van der Waals surface area (Å²) in [6.45, 7) is 14.2. The van der Waals surface area contributed by atoms with Crippen LogP contribution in [-0.2, 0) is 0 Å². The maximum absolute atomic E-state index is 15.1. The van der Waals surface area contributed by atoms with Gasteiger partial charge in [0.2, 0.25) is 0 Å². The SMILES string of the molecule is C=C/C=C(\C=C)C(O)C(F)(F)CCOc1cccc(C2=CC(=C)N(/N=C(/N)C(C)CC)C=C2)c1F. The molecule has 0 saturated carbocycles. The van der Waals surface area contributed by atoms with Gasteiger partial charge in [0, 0.05) is 24.1 Å². The third-order valence-electron chi connectivity index (χ3n) is 5.58. The zero-order chi connectivity index (χ0) is 26.2. The standard InChI is InChI=1S/C27H32F3N3O2/c1-6-10-20(8-3)25(34)27(29,30)14-16-35-23-12-9-11-22(24(23)28)21-13-15-33(19(5)17-21)32-26(31)18(4)7-2/h6,8-13,15,17-18,25,34H,1,3,5,7,14,16H2,2,4H3,(H2,31,32)/b20-10+. The van der Waals surface area contributed by atoms with Crippen molar-refractivity contribution in [3.8, 4) is 5.75 Å². The summed E-state index contributed by atoms with van der Waals surface area (Å²) in [5.41, 5.74) is 7.14. The monoisotopic (exact) mass is 487 g/mol. The number of alkyl halides is 2. The van der Waals surface area contributed by atoms with Gasteiger partial charge in [-0.2, -0.15) is 5.10 Å². The first-order valence-corrected chi connectivity index (χ1v) is 11.2. The van der Waals surface area contributed by atoms with Gasteiger partial charge in [-0.25, -0.2) is 18.2 Å². The van der Waals surface area contributed by atoms with Crippen LogP contribution >= 0.6 is 0 Å². The number of allylic oxidation sites excluding steroid dienone is 5. The number of ether oxygens (including phenoxy) is 1. The maximum atomic E-state index is 15.1. The Bertz CT molecular complexity index is 1070. The Hall–Kier alpha value is -3.52. The van der Waals surface area contributed by atoms with E-state index in [4.69, 9.17) is 10.5 Å². The van der Waals surface area contributed by atoms with Gasteiger partial charge in [0.15, 0.2) is 11.6 Å². The van der Waals surface area contributed by atoms with Gasteiger partial charge in [0.1, 0.15) is 11.9 Å². The number of nitrogens with two attached hydrogens (primary N) is 1. The number of hydrogen-bond acceptors (Lipinski definition) is 4. The number of aliphatic hydroxyl groups excluding tert-OH is 1. The van der Waals surface area contributed by atoms with Crippen LogP contribution in [0, 0.1) is 11.7 Å². The second-order valence-corrected chi connectivity index (χ2v) is 8.07. The molecule has 0 fully saturated rings. The minimum atomic E-state index is -3.51. The molecule has 0 saturated heterocycles. The van der Waals surface area contributed by atoms with Crippen LogP contribution < -0.4 is 10.5 Å². The predicted octanol–water partition coefficient (Wildman–Crippen LogP) is 5.93. The van der Waals surface area contributed by atoms with E-state index < -0.39 is 30.9 Å². The third kappa shape index (κ3) is 6.99. The number of benzene rings is 1. The molecule has 3 N–H and O–H groups in total. The molecular formula is C27H32F3N3O2. The first-order chi connectivity index (χ1) is 16.5. The van der Waals surface area contributed by atoms with Crippen LogP contribution in [0.1, 0.15) is 32.3 Å². The lowest BCUT2D eigenvalue weighted by molar-refractivity contribution is -0.101. The molecule has 0 bridgehead atoms. The normalized spacial score (nSPS) is 16.6. The van der Waals surface area contributed by atoms with Crippen LogP contribution in [0.25, 0.3) is 5.57 Å². The van der Waals surface area contributed by atoms with Crippen LogP contribution in [-0.4, -0.2) is 34.6 Å². The molecule has 1 aromatic carbocycles. The molecule has 0 aliphatic carbocycles. The average Bonchev–Trinajstić information content (AvgIpc) is 2.83. The first-order valence-electron chi connectivity index (χ1n) is 11.2. The molecule has 1 heterocycles. The number of hydrazone groups is 1. The number of hydrogen-bond donors (Lipinski definition) is 2. The molecule has 35 heavy (non-hydrogen) atoms. The highest BCUT2D eigenvalue weighted by atomic mass is 19.3. The largest absolute Gasteiger partial charge is 0.490 e. The Balaban J connectivity index is 2.13. The summed E-state index contributed by atoms with van der Waals surface area (Å²) in [5.74, 6) is -3.83. The van der Waals surface area contributed by atoms with Crippen molar-refractivity contribution in [2.24, 2.45) is 16.8 Å². The van der Waals surface area contributed by atoms with E-state index in [0.29, 0.717) is 17.1 Å². The molecule has 2 atom stereocenters. The van der Waals surface area contributed by atoms with E-state index in [9.17, 15) is 13.9 Å². The number of halogens is 3. The van der Waals surface area contributed by atoms with Gasteiger partial charge < -0.3 is 15.6 Å². The Morgan fingerprint density at radius 1 is 1.34 bits per heavy atom. The van der Waals surface area contributed by atoms with Gasteiger partial charge in [-0.15, -0.1) is 0 Å². The Morgan fingerprint density at radius 2 is 2.06 bits per heavy atom. The molecule has 2 unspecified atom stereocenters. The lowest BCUT2D eigenvalue weighted by Gasteiger charge is -2.24. The lowest BCUT2D eigenvalue weighted by atomic mass is 10.0. The summed E-state index contributed by atoms with van der Waals surface area (Å²) in [5, 5.41) is 15.8. The van der Waals surface area contributed by atoms with Crippen LogP contribution in [0.2, 0.25) is 0 Å². The maximum Gasteiger partial charge on any atom is 0.280 e. The molecule has 188 valence electrons. The minimum Gasteiger partial charge on any atom is -0.490 e. The van der Waals surface area contributed by atoms with Crippen molar-refractivity contribution in [2.45, 2.75) is 38.7 Å². The Labute approximate surface area is 204 Å². The van der Waals surface area contributed by atoms with Crippen molar-refractivity contribution in [3.63, 3.8) is 0 Å². The highest BCUT2D eigenvalue weighted by molar-refractivity contribution is 5.83. The molecule has 1 aliphatic heterocycles. The molecule has 0 amide bonds. The van der Waals surface area contributed by atoms with Crippen LogP contribution in [0.5, 0.6) is 5.75 Å². The van der Waals surface area contributed by atoms with Gasteiger partial charge in [0.05, 0.1) is 12.3 Å². The number of nitrogens with zero attached hydrogens (tertiary/aromatic N) is 2. The molecule has 2 rings (SSSR count). The molecule has 8 heteroatoms. The van der Waals surface area contributed by atoms with Gasteiger partial charge in [0.25, 0.3) is 5.92 Å². The summed E-state index contributed by atoms with van der Waals surface area (Å²) in [4.78, 5) is 0. The summed E-state index contributed by atoms with van der Waals surface area (Å²) >= 11 is 0. The lowest BCUT2D eigenvalue weighted by Crippen LogP contribution is -2.36. The van der Waals surface area contributed by atoms with Gasteiger partial charge in [-0.1, -0.05) is 63.9 Å². The summed E-state index contributed by atoms with van der Waals surface area (Å²) in [6, 6.07) is 4.46. The highest BCUT2D eigenvalue weighted by Gasteiger charge is 2.39. The Morgan fingerprint density at radius 3 is 2.66 bits per heavy atom. The topological polar surface area (TPSA) is 71.1 Å². The predicted molar refractivity (Wildman–Crippen MR) is 135 cm³/mol. The fourth-order valence-corrected chi connectivity index (χ4v) is 3.17. The minimum absolute atomic E-state index is 0.0706. The van der Waals surface area contributed by atoms with Crippen molar-refractivity contribution in [2.75, 3.05) is 6.61 Å². The van der Waals surface area contributed by atoms with Gasteiger partial charge in [-0.05, 0) is 35.8 Å². The second kappa shape index (κ2) is 12.3. The summed E-state index contributed by atoms with van der Waals surface area (Å²) in [6.07, 6.45) is 6.50. The van der Waals surface area contributed by atoms with E-state index in [0.717, 1.165) is 12.5 Å². The van der Waals surface area contributed by atoms with Crippen molar-refractivity contribution in [1.82, 2.24) is 5.01 Å². The molecule has 1 aliphatic rings. The summed E-state index contributed by atoms with van der Waals surface area (Å²) < 4.78 is 49.2. The van der Waals surface area contributed by atoms with E-state index in [1.165, 1.54) is 23.2 Å². The quantitative estimate of drug-likeness (QED) is 0.218. The van der Waals surface area contributed by atoms with E-state index in [1.54, 1.807) is 30.5 Å². The van der Waals surface area contributed by atoms with Crippen LogP contribution in [0.15, 0.2) is 90.9 Å². The molecule has 5 nitrogen and oxygen atoms in total. The summed E-state index contributed by atoms with van der Waals surface area (Å²) in [7, 11) is 0. The van der Waals surface area contributed by atoms with Crippen LogP contribution in [0.4, 0.5) is 13.2 Å². The van der Waals surface area contributed by atoms with Gasteiger partial charge in [-0.3, -0.25) is 0 Å². The molecule has 0 radical (unpaired) electrons. The van der Waals surface area contributed by atoms with E-state index in [-0.39, 0.29) is 22.8 Å². The smallest absolute Gasteiger partial charge is 0.280 e. The third-order valence-corrected chi connectivity index (χ3v) is 5.58. The first kappa shape index (κ1) is 27.7. The second-order valence-electron chi connectivity index (χ2n) is 8.07. The zero-order valence-corrected chi connectivity index (χ0v) is 20.1. The van der Waals surface area contributed by atoms with Crippen molar-refractivity contribution >= 4 is 11.4 Å². The van der Waals surface area contributed by atoms with Crippen molar-refractivity contribution < 1.29 is 23.0 Å². The van der Waals surface area contributed by atoms with Crippen molar-refractivity contribution in [3.05, 3.63) is 97.2 Å². The van der Waals surface area contributed by atoms with E-state index >= 15 is 4.39 Å². The highest BCUT2D eigenvalue weighted by Crippen LogP contribution is 2.32. The fraction of sp³-hybridized carbons (Fsp3) is 0.296. The van der Waals surface area contributed by atoms with Crippen molar-refractivity contribution in [1.29, 1.82) is 0 Å². The Kier molecular flexibility index (Phi) is 9.71. The molecule has 0 aromatic heterocycles. The van der Waals surface area contributed by atoms with Gasteiger partial charge >= 0.3 is 0 Å².